The van der Waals surface area contributed by atoms with Crippen LogP contribution >= 0.6 is 43.5 Å². The van der Waals surface area contributed by atoms with Crippen LogP contribution in [0.5, 0.6) is 11.5 Å². The van der Waals surface area contributed by atoms with Crippen molar-refractivity contribution in [3.63, 3.8) is 0 Å². The number of non-ortho nitro benzene ring substituents is 1. The van der Waals surface area contributed by atoms with Gasteiger partial charge in [0.05, 0.1) is 22.7 Å². The van der Waals surface area contributed by atoms with E-state index in [-0.39, 0.29) is 28.0 Å². The molecule has 1 aromatic heterocycles. The van der Waals surface area contributed by atoms with Crippen molar-refractivity contribution in [2.75, 3.05) is 10.6 Å². The topological polar surface area (TPSA) is 111 Å². The minimum atomic E-state index is -4.69. The van der Waals surface area contributed by atoms with Crippen LogP contribution in [0.2, 0.25) is 5.02 Å². The van der Waals surface area contributed by atoms with Gasteiger partial charge in [-0.15, -0.1) is 0 Å². The van der Waals surface area contributed by atoms with Crippen LogP contribution in [-0.2, 0) is 0 Å². The van der Waals surface area contributed by atoms with E-state index < -0.39 is 41.2 Å². The number of benzene rings is 3. The predicted octanol–water partition coefficient (Wildman–Crippen LogP) is 8.67. The monoisotopic (exact) mass is 713 g/mol. The summed E-state index contributed by atoms with van der Waals surface area (Å²) in [4.78, 5) is 24.0. The fourth-order valence-electron chi connectivity index (χ4n) is 4.30. The van der Waals surface area contributed by atoms with E-state index in [4.69, 9.17) is 16.3 Å². The molecule has 3 aromatic carbocycles. The molecule has 2 heterocycles. The summed E-state index contributed by atoms with van der Waals surface area (Å²) in [5.74, 6) is -0.713. The first-order valence-electron chi connectivity index (χ1n) is 11.8. The molecule has 0 bridgehead atoms. The number of anilines is 2. The summed E-state index contributed by atoms with van der Waals surface area (Å²) in [5.41, 5.74) is -0.332. The zero-order valence-electron chi connectivity index (χ0n) is 20.5. The predicted molar refractivity (Wildman–Crippen MR) is 153 cm³/mol. The summed E-state index contributed by atoms with van der Waals surface area (Å²) in [6.45, 7) is 0. The normalized spacial score (nSPS) is 16.4. The lowest BCUT2D eigenvalue weighted by atomic mass is 9.97. The molecule has 0 radical (unpaired) electrons. The first kappa shape index (κ1) is 28.9. The van der Waals surface area contributed by atoms with Gasteiger partial charge in [-0.2, -0.15) is 18.3 Å². The van der Waals surface area contributed by atoms with Gasteiger partial charge in [0.2, 0.25) is 0 Å². The third kappa shape index (κ3) is 6.34. The number of hydrogen-bond acceptors (Lipinski definition) is 6. The van der Waals surface area contributed by atoms with E-state index >= 15 is 0 Å². The minimum Gasteiger partial charge on any atom is -0.457 e. The van der Waals surface area contributed by atoms with E-state index in [1.165, 1.54) is 12.1 Å². The quantitative estimate of drug-likeness (QED) is 0.153. The van der Waals surface area contributed by atoms with Crippen LogP contribution in [0.4, 0.5) is 30.4 Å². The van der Waals surface area contributed by atoms with E-state index in [2.05, 4.69) is 47.6 Å². The average Bonchev–Trinajstić information content (AvgIpc) is 3.25. The lowest BCUT2D eigenvalue weighted by molar-refractivity contribution is -0.384. The van der Waals surface area contributed by atoms with Crippen LogP contribution in [0.15, 0.2) is 75.7 Å². The summed E-state index contributed by atoms with van der Waals surface area (Å²) < 4.78 is 50.2. The smallest absolute Gasteiger partial charge is 0.410 e. The number of aromatic nitrogens is 2. The van der Waals surface area contributed by atoms with Crippen LogP contribution in [0.25, 0.3) is 0 Å². The first-order chi connectivity index (χ1) is 19.4. The lowest BCUT2D eigenvalue weighted by Crippen LogP contribution is -2.35. The second kappa shape index (κ2) is 11.3. The molecule has 1 aliphatic heterocycles. The summed E-state index contributed by atoms with van der Waals surface area (Å²) in [7, 11) is 0. The van der Waals surface area contributed by atoms with Gasteiger partial charge in [-0.1, -0.05) is 55.6 Å². The molecule has 4 aromatic rings. The highest BCUT2D eigenvalue weighted by molar-refractivity contribution is 9.10. The van der Waals surface area contributed by atoms with Crippen molar-refractivity contribution >= 4 is 66.6 Å². The zero-order chi connectivity index (χ0) is 29.5. The summed E-state index contributed by atoms with van der Waals surface area (Å²) in [6.07, 6.45) is -5.08. The van der Waals surface area contributed by atoms with Gasteiger partial charge in [-0.25, -0.2) is 4.68 Å². The fraction of sp³-hybridized carbons (Fsp3) is 0.154. The van der Waals surface area contributed by atoms with Crippen molar-refractivity contribution in [2.45, 2.75) is 24.7 Å². The number of nitro groups is 1. The number of ether oxygens (including phenoxy) is 1. The molecule has 9 nitrogen and oxygen atoms in total. The van der Waals surface area contributed by atoms with Gasteiger partial charge in [0, 0.05) is 27.5 Å². The maximum absolute atomic E-state index is 14.1. The molecule has 212 valence electrons. The maximum atomic E-state index is 14.1. The molecule has 0 saturated heterocycles. The zero-order valence-corrected chi connectivity index (χ0v) is 24.4. The molecule has 0 saturated carbocycles. The Morgan fingerprint density at radius 1 is 1.07 bits per heavy atom. The number of alkyl halides is 3. The van der Waals surface area contributed by atoms with Crippen LogP contribution < -0.4 is 15.4 Å². The Balaban J connectivity index is 1.45. The van der Waals surface area contributed by atoms with Gasteiger partial charge in [0.15, 0.2) is 11.7 Å². The molecule has 0 aliphatic carbocycles. The molecule has 2 N–H and O–H groups in total. The van der Waals surface area contributed by atoms with Gasteiger partial charge in [-0.3, -0.25) is 14.9 Å². The van der Waals surface area contributed by atoms with Crippen molar-refractivity contribution in [3.05, 3.63) is 102 Å². The number of fused-ring (bicyclic) bond motifs is 1. The van der Waals surface area contributed by atoms with Crippen LogP contribution in [0.3, 0.4) is 0 Å². The van der Waals surface area contributed by atoms with Crippen molar-refractivity contribution in [1.29, 1.82) is 0 Å². The third-order valence-corrected chi connectivity index (χ3v) is 7.61. The molecule has 1 aliphatic rings. The number of carbonyl (C=O) groups is 1. The summed E-state index contributed by atoms with van der Waals surface area (Å²) >= 11 is 13.0. The second-order valence-electron chi connectivity index (χ2n) is 8.98. The lowest BCUT2D eigenvalue weighted by Gasteiger charge is -2.33. The van der Waals surface area contributed by atoms with Crippen molar-refractivity contribution in [3.8, 4) is 11.5 Å². The van der Waals surface area contributed by atoms with E-state index in [9.17, 15) is 28.1 Å². The van der Waals surface area contributed by atoms with E-state index in [0.717, 1.165) is 15.0 Å². The van der Waals surface area contributed by atoms with Crippen LogP contribution in [-0.4, -0.2) is 26.8 Å². The molecular formula is C26H17Br2ClF3N5O4. The number of carbonyl (C=O) groups excluding carboxylic acids is 1. The number of halogens is 6. The molecule has 2 atom stereocenters. The molecule has 0 fully saturated rings. The molecule has 15 heteroatoms. The largest absolute Gasteiger partial charge is 0.457 e. The van der Waals surface area contributed by atoms with Crippen molar-refractivity contribution in [2.24, 2.45) is 0 Å². The van der Waals surface area contributed by atoms with Gasteiger partial charge in [-0.05, 0) is 42.0 Å². The van der Waals surface area contributed by atoms with E-state index in [0.29, 0.717) is 16.0 Å². The second-order valence-corrected chi connectivity index (χ2v) is 11.2. The number of hydrogen-bond donors (Lipinski definition) is 2. The third-order valence-electron chi connectivity index (χ3n) is 6.19. The standard InChI is InChI=1S/C26H17Br2ClF3N5O4/c27-14-3-1-13(2-4-14)20-12-21(26(30,31)32)36-24(34-20)22(29)23(35-36)25(38)33-16-9-17(37(39)40)11-19(10-16)41-18-7-5-15(28)6-8-18/h1-11,20-21,34H,12H2,(H,33,38)/t20-,21-/m0/s1. The van der Waals surface area contributed by atoms with Crippen LogP contribution in [0, 0.1) is 10.1 Å². The number of amides is 1. The molecule has 0 spiro atoms. The summed E-state index contributed by atoms with van der Waals surface area (Å²) in [5, 5.41) is 20.5. The fourth-order valence-corrected chi connectivity index (χ4v) is 5.09. The Hall–Kier alpha value is -3.62. The van der Waals surface area contributed by atoms with Crippen molar-refractivity contribution < 1.29 is 27.6 Å². The highest BCUT2D eigenvalue weighted by Crippen LogP contribution is 2.46. The number of nitrogens with zero attached hydrogens (tertiary/aromatic N) is 3. The Morgan fingerprint density at radius 2 is 1.71 bits per heavy atom. The molecule has 5 rings (SSSR count). The van der Waals surface area contributed by atoms with E-state index in [1.54, 1.807) is 48.5 Å². The van der Waals surface area contributed by atoms with E-state index in [1.807, 2.05) is 0 Å². The van der Waals surface area contributed by atoms with Crippen molar-refractivity contribution in [1.82, 2.24) is 9.78 Å². The highest BCUT2D eigenvalue weighted by atomic mass is 79.9. The molecule has 1 amide bonds. The molecule has 41 heavy (non-hydrogen) atoms. The summed E-state index contributed by atoms with van der Waals surface area (Å²) in [6, 6.07) is 14.2. The SMILES string of the molecule is O=C(Nc1cc(Oc2ccc(Br)cc2)cc([N+](=O)[O-])c1)c1nn2c(c1Cl)N[C@H](c1ccc(Br)cc1)C[C@H]2C(F)(F)F. The minimum absolute atomic E-state index is 0.0446. The van der Waals surface area contributed by atoms with Gasteiger partial charge in [0.1, 0.15) is 22.3 Å². The Morgan fingerprint density at radius 3 is 2.32 bits per heavy atom. The van der Waals surface area contributed by atoms with Crippen LogP contribution in [0.1, 0.15) is 34.6 Å². The number of nitrogens with one attached hydrogen (secondary N) is 2. The Kier molecular flexibility index (Phi) is 7.99. The average molecular weight is 716 g/mol. The Bertz CT molecular complexity index is 1630. The Labute approximate surface area is 252 Å². The van der Waals surface area contributed by atoms with Gasteiger partial charge >= 0.3 is 6.18 Å². The first-order valence-corrected chi connectivity index (χ1v) is 13.8. The maximum Gasteiger partial charge on any atom is 0.410 e. The number of nitro benzene ring substituents is 1. The molecular weight excluding hydrogens is 699 g/mol. The number of rotatable bonds is 6. The van der Waals surface area contributed by atoms with Gasteiger partial charge in [0.25, 0.3) is 11.6 Å². The van der Waals surface area contributed by atoms with Gasteiger partial charge < -0.3 is 15.4 Å². The highest BCUT2D eigenvalue weighted by Gasteiger charge is 2.48. The molecule has 0 unspecified atom stereocenters.